The molecular formula is C20H28N2O2S. The molecule has 1 aromatic carbocycles. The SMILES string of the molecule is COc1ccc2c(c1)C(C(=O)N1CCSCC1CN1CCCC1)CC2. The van der Waals surface area contributed by atoms with Crippen LogP contribution in [0.2, 0.25) is 0 Å². The van der Waals surface area contributed by atoms with Gasteiger partial charge < -0.3 is 14.5 Å². The van der Waals surface area contributed by atoms with Gasteiger partial charge in [-0.15, -0.1) is 0 Å². The summed E-state index contributed by atoms with van der Waals surface area (Å²) in [6.45, 7) is 4.35. The Balaban J connectivity index is 1.51. The minimum atomic E-state index is 0.0225. The molecule has 4 nitrogen and oxygen atoms in total. The molecule has 0 radical (unpaired) electrons. The average Bonchev–Trinajstić information content (AvgIpc) is 3.30. The Kier molecular flexibility index (Phi) is 5.23. The first-order valence-corrected chi connectivity index (χ1v) is 10.7. The molecule has 136 valence electrons. The first kappa shape index (κ1) is 17.2. The summed E-state index contributed by atoms with van der Waals surface area (Å²) in [6, 6.07) is 6.60. The highest BCUT2D eigenvalue weighted by Gasteiger charge is 2.36. The van der Waals surface area contributed by atoms with Crippen LogP contribution >= 0.6 is 11.8 Å². The number of carbonyl (C=O) groups is 1. The lowest BCUT2D eigenvalue weighted by molar-refractivity contribution is -0.135. The summed E-state index contributed by atoms with van der Waals surface area (Å²) in [5, 5.41) is 0. The molecule has 1 aliphatic carbocycles. The Labute approximate surface area is 154 Å². The Morgan fingerprint density at radius 1 is 1.28 bits per heavy atom. The highest BCUT2D eigenvalue weighted by Crippen LogP contribution is 2.37. The van der Waals surface area contributed by atoms with Crippen molar-refractivity contribution in [3.8, 4) is 5.75 Å². The zero-order valence-corrected chi connectivity index (χ0v) is 15.9. The van der Waals surface area contributed by atoms with Gasteiger partial charge in [0.1, 0.15) is 5.75 Å². The molecule has 0 saturated carbocycles. The number of amides is 1. The third-order valence-electron chi connectivity index (χ3n) is 5.91. The van der Waals surface area contributed by atoms with E-state index in [1.807, 2.05) is 17.8 Å². The monoisotopic (exact) mass is 360 g/mol. The fourth-order valence-electron chi connectivity index (χ4n) is 4.52. The first-order chi connectivity index (χ1) is 12.3. The van der Waals surface area contributed by atoms with Crippen LogP contribution in [-0.4, -0.2) is 66.5 Å². The van der Waals surface area contributed by atoms with Crippen molar-refractivity contribution in [2.75, 3.05) is 44.8 Å². The number of fused-ring (bicyclic) bond motifs is 1. The normalized spacial score (nSPS) is 26.7. The van der Waals surface area contributed by atoms with Crippen LogP contribution in [0.1, 0.15) is 36.3 Å². The number of methoxy groups -OCH3 is 1. The van der Waals surface area contributed by atoms with Gasteiger partial charge in [0, 0.05) is 24.6 Å². The molecule has 5 heteroatoms. The van der Waals surface area contributed by atoms with Crippen molar-refractivity contribution in [1.82, 2.24) is 9.80 Å². The molecule has 2 unspecified atom stereocenters. The number of likely N-dealkylation sites (tertiary alicyclic amines) is 1. The van der Waals surface area contributed by atoms with E-state index in [0.717, 1.165) is 43.2 Å². The fourth-order valence-corrected chi connectivity index (χ4v) is 5.57. The number of benzene rings is 1. The molecule has 0 spiro atoms. The second kappa shape index (κ2) is 7.58. The van der Waals surface area contributed by atoms with E-state index >= 15 is 0 Å². The second-order valence-electron chi connectivity index (χ2n) is 7.42. The molecule has 0 N–H and O–H groups in total. The third-order valence-corrected chi connectivity index (χ3v) is 7.00. The first-order valence-electron chi connectivity index (χ1n) is 9.53. The van der Waals surface area contributed by atoms with Gasteiger partial charge in [0.05, 0.1) is 19.1 Å². The third kappa shape index (κ3) is 3.54. The Hall–Kier alpha value is -1.20. The van der Waals surface area contributed by atoms with E-state index in [0.29, 0.717) is 11.9 Å². The Bertz CT molecular complexity index is 630. The van der Waals surface area contributed by atoms with E-state index in [1.165, 1.54) is 37.1 Å². The Morgan fingerprint density at radius 3 is 2.92 bits per heavy atom. The van der Waals surface area contributed by atoms with E-state index in [-0.39, 0.29) is 5.92 Å². The highest BCUT2D eigenvalue weighted by molar-refractivity contribution is 7.99. The minimum Gasteiger partial charge on any atom is -0.497 e. The van der Waals surface area contributed by atoms with Crippen LogP contribution < -0.4 is 4.74 Å². The minimum absolute atomic E-state index is 0.0225. The van der Waals surface area contributed by atoms with Gasteiger partial charge in [-0.1, -0.05) is 6.07 Å². The molecule has 0 bridgehead atoms. The summed E-state index contributed by atoms with van der Waals surface area (Å²) < 4.78 is 5.39. The Morgan fingerprint density at radius 2 is 2.12 bits per heavy atom. The largest absolute Gasteiger partial charge is 0.497 e. The maximum atomic E-state index is 13.4. The molecule has 2 atom stereocenters. The lowest BCUT2D eigenvalue weighted by Crippen LogP contribution is -2.52. The van der Waals surface area contributed by atoms with Gasteiger partial charge in [-0.2, -0.15) is 11.8 Å². The van der Waals surface area contributed by atoms with Gasteiger partial charge in [0.25, 0.3) is 0 Å². The number of ether oxygens (including phenoxy) is 1. The molecule has 2 aliphatic heterocycles. The summed E-state index contributed by atoms with van der Waals surface area (Å²) in [7, 11) is 1.70. The summed E-state index contributed by atoms with van der Waals surface area (Å²) in [5.41, 5.74) is 2.52. The molecule has 1 aromatic rings. The van der Waals surface area contributed by atoms with Gasteiger partial charge in [0.2, 0.25) is 5.91 Å². The van der Waals surface area contributed by atoms with Crippen molar-refractivity contribution in [1.29, 1.82) is 0 Å². The van der Waals surface area contributed by atoms with E-state index in [4.69, 9.17) is 4.74 Å². The zero-order chi connectivity index (χ0) is 17.2. The molecule has 2 fully saturated rings. The average molecular weight is 361 g/mol. The predicted octanol–water partition coefficient (Wildman–Crippen LogP) is 2.76. The van der Waals surface area contributed by atoms with Crippen LogP contribution in [0.3, 0.4) is 0 Å². The standard InChI is InChI=1S/C20H28N2O2S/c1-24-17-6-4-15-5-7-18(19(15)12-17)20(23)22-10-11-25-14-16(22)13-21-8-2-3-9-21/h4,6,12,16,18H,2-3,5,7-11,13-14H2,1H3. The number of rotatable bonds is 4. The van der Waals surface area contributed by atoms with Crippen molar-refractivity contribution in [2.24, 2.45) is 0 Å². The summed E-state index contributed by atoms with van der Waals surface area (Å²) in [4.78, 5) is 18.2. The number of nitrogens with zero attached hydrogens (tertiary/aromatic N) is 2. The van der Waals surface area contributed by atoms with Crippen molar-refractivity contribution in [3.05, 3.63) is 29.3 Å². The summed E-state index contributed by atoms with van der Waals surface area (Å²) >= 11 is 2.00. The van der Waals surface area contributed by atoms with Gasteiger partial charge in [-0.05, 0) is 62.0 Å². The molecule has 0 aromatic heterocycles. The quantitative estimate of drug-likeness (QED) is 0.827. The van der Waals surface area contributed by atoms with Crippen molar-refractivity contribution in [2.45, 2.75) is 37.6 Å². The number of thioether (sulfide) groups is 1. The molecule has 4 rings (SSSR count). The molecule has 2 saturated heterocycles. The smallest absolute Gasteiger partial charge is 0.230 e. The lowest BCUT2D eigenvalue weighted by atomic mass is 9.98. The topological polar surface area (TPSA) is 32.8 Å². The number of hydrogen-bond acceptors (Lipinski definition) is 4. The molecular weight excluding hydrogens is 332 g/mol. The summed E-state index contributed by atoms with van der Waals surface area (Å²) in [6.07, 6.45) is 4.57. The van der Waals surface area contributed by atoms with E-state index in [2.05, 4.69) is 21.9 Å². The second-order valence-corrected chi connectivity index (χ2v) is 8.57. The maximum absolute atomic E-state index is 13.4. The molecule has 2 heterocycles. The maximum Gasteiger partial charge on any atom is 0.230 e. The van der Waals surface area contributed by atoms with Crippen LogP contribution in [-0.2, 0) is 11.2 Å². The van der Waals surface area contributed by atoms with Crippen molar-refractivity contribution >= 4 is 17.7 Å². The van der Waals surface area contributed by atoms with Crippen LogP contribution in [0.15, 0.2) is 18.2 Å². The van der Waals surface area contributed by atoms with Crippen LogP contribution in [0.4, 0.5) is 0 Å². The van der Waals surface area contributed by atoms with Gasteiger partial charge in [-0.25, -0.2) is 0 Å². The van der Waals surface area contributed by atoms with Crippen molar-refractivity contribution in [3.63, 3.8) is 0 Å². The molecule has 25 heavy (non-hydrogen) atoms. The van der Waals surface area contributed by atoms with Gasteiger partial charge >= 0.3 is 0 Å². The molecule has 3 aliphatic rings. The fraction of sp³-hybridized carbons (Fsp3) is 0.650. The van der Waals surface area contributed by atoms with Crippen LogP contribution in [0, 0.1) is 0 Å². The number of aryl methyl sites for hydroxylation is 1. The number of carbonyl (C=O) groups excluding carboxylic acids is 1. The predicted molar refractivity (Wildman–Crippen MR) is 103 cm³/mol. The van der Waals surface area contributed by atoms with Gasteiger partial charge in [0.15, 0.2) is 0 Å². The molecule has 1 amide bonds. The highest BCUT2D eigenvalue weighted by atomic mass is 32.2. The van der Waals surface area contributed by atoms with E-state index in [9.17, 15) is 4.79 Å². The van der Waals surface area contributed by atoms with Crippen LogP contribution in [0.25, 0.3) is 0 Å². The lowest BCUT2D eigenvalue weighted by Gasteiger charge is -2.39. The van der Waals surface area contributed by atoms with Gasteiger partial charge in [-0.3, -0.25) is 4.79 Å². The summed E-state index contributed by atoms with van der Waals surface area (Å²) in [5.74, 6) is 3.38. The zero-order valence-electron chi connectivity index (χ0n) is 15.1. The van der Waals surface area contributed by atoms with Crippen LogP contribution in [0.5, 0.6) is 5.75 Å². The van der Waals surface area contributed by atoms with Crippen molar-refractivity contribution < 1.29 is 9.53 Å². The number of hydrogen-bond donors (Lipinski definition) is 0. The van der Waals surface area contributed by atoms with E-state index in [1.54, 1.807) is 7.11 Å². The van der Waals surface area contributed by atoms with E-state index < -0.39 is 0 Å².